The van der Waals surface area contributed by atoms with E-state index in [0.29, 0.717) is 24.7 Å². The van der Waals surface area contributed by atoms with Crippen LogP contribution in [0, 0.1) is 0 Å². The average Bonchev–Trinajstić information content (AvgIpc) is 3.40. The number of benzene rings is 3. The number of fused-ring (bicyclic) bond motifs is 2. The third kappa shape index (κ3) is 5.70. The first-order valence-corrected chi connectivity index (χ1v) is 14.6. The van der Waals surface area contributed by atoms with E-state index in [1.807, 2.05) is 60.8 Å². The molecule has 0 atom stereocenters. The van der Waals surface area contributed by atoms with E-state index in [1.165, 1.54) is 26.2 Å². The van der Waals surface area contributed by atoms with Gasteiger partial charge in [0.15, 0.2) is 5.43 Å². The Morgan fingerprint density at radius 2 is 1.56 bits per heavy atom. The van der Waals surface area contributed by atoms with E-state index >= 15 is 0 Å². The van der Waals surface area contributed by atoms with E-state index in [4.69, 9.17) is 9.15 Å². The second kappa shape index (κ2) is 12.2. The summed E-state index contributed by atoms with van der Waals surface area (Å²) < 4.78 is 13.9. The van der Waals surface area contributed by atoms with Gasteiger partial charge in [-0.05, 0) is 31.4 Å². The predicted molar refractivity (Wildman–Crippen MR) is 170 cm³/mol. The number of urea groups is 1. The second-order valence-electron chi connectivity index (χ2n) is 10.9. The molecule has 228 valence electrons. The van der Waals surface area contributed by atoms with Crippen molar-refractivity contribution in [3.63, 3.8) is 0 Å². The molecule has 0 radical (unpaired) electrons. The van der Waals surface area contributed by atoms with Crippen LogP contribution in [0.25, 0.3) is 39.3 Å². The monoisotopic (exact) mass is 605 g/mol. The lowest BCUT2D eigenvalue weighted by Gasteiger charge is -2.28. The van der Waals surface area contributed by atoms with Crippen LogP contribution >= 0.6 is 0 Å². The molecule has 5 aromatic rings. The summed E-state index contributed by atoms with van der Waals surface area (Å²) in [5, 5.41) is 11.5. The molecule has 1 aliphatic rings. The van der Waals surface area contributed by atoms with E-state index in [2.05, 4.69) is 4.57 Å². The van der Waals surface area contributed by atoms with Crippen LogP contribution in [0.1, 0.15) is 24.8 Å². The molecule has 1 N–H and O–H groups in total. The van der Waals surface area contributed by atoms with Gasteiger partial charge in [0.1, 0.15) is 33.8 Å². The van der Waals surface area contributed by atoms with Crippen molar-refractivity contribution in [3.05, 3.63) is 100 Å². The van der Waals surface area contributed by atoms with Gasteiger partial charge in [0.25, 0.3) is 11.8 Å². The molecule has 1 aliphatic heterocycles. The van der Waals surface area contributed by atoms with Crippen LogP contribution in [0.4, 0.5) is 4.79 Å². The number of nitrogens with zero attached hydrogens (tertiary/aromatic N) is 3. The molecule has 1 saturated heterocycles. The fourth-order valence-corrected chi connectivity index (χ4v) is 5.53. The molecule has 4 amide bonds. The van der Waals surface area contributed by atoms with Crippen LogP contribution in [-0.4, -0.2) is 58.0 Å². The number of aromatic hydroxyl groups is 1. The fraction of sp³-hybridized carbons (Fsp3) is 0.200. The zero-order valence-electron chi connectivity index (χ0n) is 24.9. The van der Waals surface area contributed by atoms with Crippen molar-refractivity contribution in [2.75, 3.05) is 20.7 Å². The molecule has 6 rings (SSSR count). The summed E-state index contributed by atoms with van der Waals surface area (Å²) in [5.41, 5.74) is 2.31. The number of likely N-dealkylation sites (N-methyl/N-ethyl adjacent to an activating group) is 2. The number of phenols is 1. The molecular weight excluding hydrogens is 574 g/mol. The van der Waals surface area contributed by atoms with Crippen molar-refractivity contribution < 1.29 is 28.6 Å². The van der Waals surface area contributed by atoms with Crippen molar-refractivity contribution in [1.29, 1.82) is 0 Å². The van der Waals surface area contributed by atoms with Crippen LogP contribution in [0.2, 0.25) is 0 Å². The normalized spacial score (nSPS) is 13.7. The number of ether oxygens (including phenoxy) is 1. The van der Waals surface area contributed by atoms with Gasteiger partial charge in [-0.15, -0.1) is 0 Å². The Bertz CT molecular complexity index is 2020. The van der Waals surface area contributed by atoms with Crippen molar-refractivity contribution in [2.45, 2.75) is 25.8 Å². The van der Waals surface area contributed by atoms with Crippen LogP contribution in [0.5, 0.6) is 11.5 Å². The first kappa shape index (κ1) is 29.4. The summed E-state index contributed by atoms with van der Waals surface area (Å²) in [4.78, 5) is 52.1. The molecule has 0 spiro atoms. The topological polar surface area (TPSA) is 122 Å². The van der Waals surface area contributed by atoms with Gasteiger partial charge in [0.2, 0.25) is 0 Å². The minimum absolute atomic E-state index is 0.0602. The third-order valence-electron chi connectivity index (χ3n) is 7.92. The molecule has 0 bridgehead atoms. The largest absolute Gasteiger partial charge is 0.507 e. The molecule has 0 saturated carbocycles. The van der Waals surface area contributed by atoms with Crippen molar-refractivity contribution in [2.24, 2.45) is 0 Å². The van der Waals surface area contributed by atoms with Gasteiger partial charge in [0.05, 0.1) is 6.61 Å². The first-order chi connectivity index (χ1) is 21.7. The van der Waals surface area contributed by atoms with Gasteiger partial charge in [-0.2, -0.15) is 0 Å². The molecule has 10 heteroatoms. The minimum Gasteiger partial charge on any atom is -0.507 e. The highest BCUT2D eigenvalue weighted by molar-refractivity contribution is 6.31. The Labute approximate surface area is 258 Å². The lowest BCUT2D eigenvalue weighted by atomic mass is 10.1. The summed E-state index contributed by atoms with van der Waals surface area (Å²) in [6.07, 6.45) is 5.92. The molecule has 3 heterocycles. The lowest BCUT2D eigenvalue weighted by molar-refractivity contribution is -0.134. The number of unbranched alkanes of at least 4 members (excludes halogenated alkanes) is 2. The Morgan fingerprint density at radius 3 is 2.31 bits per heavy atom. The highest BCUT2D eigenvalue weighted by Gasteiger charge is 2.38. The van der Waals surface area contributed by atoms with Crippen LogP contribution in [0.15, 0.2) is 93.8 Å². The molecular formula is C35H31N3O7. The number of para-hydroxylation sites is 1. The van der Waals surface area contributed by atoms with Gasteiger partial charge in [-0.1, -0.05) is 48.5 Å². The van der Waals surface area contributed by atoms with E-state index in [9.17, 15) is 24.3 Å². The zero-order chi connectivity index (χ0) is 31.7. The standard InChI is InChI=1S/C35H31N3O7/c1-36-33(41)26(34(42)37(2)35(36)43)17-23-21-38(27-14-8-7-13-25(23)27)15-9-4-10-16-44-24-18-28(39)32-29(40)20-30(45-31(32)19-24)22-11-5-3-6-12-22/h3,5-8,11-14,17-21,39H,4,9-10,15-16H2,1-2H3. The number of imide groups is 2. The number of carbonyl (C=O) groups is 3. The van der Waals surface area contributed by atoms with Crippen molar-refractivity contribution in [3.8, 4) is 22.8 Å². The molecule has 2 aromatic heterocycles. The number of amides is 4. The van der Waals surface area contributed by atoms with Gasteiger partial charge in [0, 0.05) is 67.1 Å². The minimum atomic E-state index is -0.658. The summed E-state index contributed by atoms with van der Waals surface area (Å²) in [5.74, 6) is -0.625. The third-order valence-corrected chi connectivity index (χ3v) is 7.92. The molecule has 0 unspecified atom stereocenters. The van der Waals surface area contributed by atoms with Crippen LogP contribution in [0.3, 0.4) is 0 Å². The number of aromatic nitrogens is 1. The lowest BCUT2D eigenvalue weighted by Crippen LogP contribution is -2.52. The fourth-order valence-electron chi connectivity index (χ4n) is 5.53. The Kier molecular flexibility index (Phi) is 7.95. The van der Waals surface area contributed by atoms with Gasteiger partial charge in [-0.3, -0.25) is 24.2 Å². The van der Waals surface area contributed by atoms with Crippen molar-refractivity contribution >= 4 is 45.8 Å². The quantitative estimate of drug-likeness (QED) is 0.128. The maximum absolute atomic E-state index is 12.7. The Hall–Kier alpha value is -5.64. The zero-order valence-corrected chi connectivity index (χ0v) is 24.9. The number of hydrogen-bond acceptors (Lipinski definition) is 7. The maximum atomic E-state index is 12.7. The van der Waals surface area contributed by atoms with E-state index in [-0.39, 0.29) is 27.7 Å². The molecule has 0 aliphatic carbocycles. The Balaban J connectivity index is 1.10. The predicted octanol–water partition coefficient (Wildman–Crippen LogP) is 5.80. The van der Waals surface area contributed by atoms with Gasteiger partial charge in [-0.25, -0.2) is 4.79 Å². The summed E-state index contributed by atoms with van der Waals surface area (Å²) in [6, 6.07) is 20.8. The summed E-state index contributed by atoms with van der Waals surface area (Å²) in [6.45, 7) is 1.11. The maximum Gasteiger partial charge on any atom is 0.333 e. The number of hydrogen-bond donors (Lipinski definition) is 1. The Morgan fingerprint density at radius 1 is 0.844 bits per heavy atom. The van der Waals surface area contributed by atoms with Gasteiger partial charge >= 0.3 is 6.03 Å². The number of rotatable bonds is 9. The van der Waals surface area contributed by atoms with E-state index < -0.39 is 17.8 Å². The van der Waals surface area contributed by atoms with Crippen molar-refractivity contribution in [1.82, 2.24) is 14.4 Å². The molecule has 1 fully saturated rings. The first-order valence-electron chi connectivity index (χ1n) is 14.6. The molecule has 10 nitrogen and oxygen atoms in total. The smallest absolute Gasteiger partial charge is 0.333 e. The highest BCUT2D eigenvalue weighted by Crippen LogP contribution is 2.31. The van der Waals surface area contributed by atoms with Crippen LogP contribution < -0.4 is 10.2 Å². The number of carbonyl (C=O) groups excluding carboxylic acids is 3. The number of phenolic OH excluding ortho intramolecular Hbond substituents is 1. The average molecular weight is 606 g/mol. The van der Waals surface area contributed by atoms with Gasteiger partial charge < -0.3 is 18.8 Å². The van der Waals surface area contributed by atoms with E-state index in [1.54, 1.807) is 12.1 Å². The molecule has 45 heavy (non-hydrogen) atoms. The number of barbiturate groups is 1. The molecule has 3 aromatic carbocycles. The summed E-state index contributed by atoms with van der Waals surface area (Å²) in [7, 11) is 2.72. The number of aryl methyl sites for hydroxylation is 1. The summed E-state index contributed by atoms with van der Waals surface area (Å²) >= 11 is 0. The second-order valence-corrected chi connectivity index (χ2v) is 10.9. The van der Waals surface area contributed by atoms with E-state index in [0.717, 1.165) is 51.1 Å². The highest BCUT2D eigenvalue weighted by atomic mass is 16.5. The SMILES string of the molecule is CN1C(=O)C(=Cc2cn(CCCCCOc3cc(O)c4c(=O)cc(-c5ccccc5)oc4c3)c3ccccc23)C(=O)N(C)C1=O. The van der Waals surface area contributed by atoms with Crippen LogP contribution in [-0.2, 0) is 16.1 Å².